The third-order valence-electron chi connectivity index (χ3n) is 2.80. The van der Waals surface area contributed by atoms with Crippen LogP contribution >= 0.6 is 0 Å². The predicted molar refractivity (Wildman–Crippen MR) is 59.1 cm³/mol. The van der Waals surface area contributed by atoms with Crippen molar-refractivity contribution in [3.05, 3.63) is 18.2 Å². The molecule has 1 rings (SSSR count). The Balaban J connectivity index is 2.31. The van der Waals surface area contributed by atoms with Crippen molar-refractivity contribution < 1.29 is 0 Å². The minimum absolute atomic E-state index is 0.325. The Kier molecular flexibility index (Phi) is 4.66. The minimum Gasteiger partial charge on any atom is -0.347 e. The first-order chi connectivity index (χ1) is 6.77. The van der Waals surface area contributed by atoms with Gasteiger partial charge in [0.05, 0.1) is 6.04 Å². The van der Waals surface area contributed by atoms with E-state index in [0.717, 1.165) is 18.3 Å². The summed E-state index contributed by atoms with van der Waals surface area (Å²) in [4.78, 5) is 7.35. The fourth-order valence-electron chi connectivity index (χ4n) is 1.53. The molecule has 0 aliphatic rings. The molecule has 1 heterocycles. The zero-order valence-corrected chi connectivity index (χ0v) is 9.38. The number of hydrogen-bond acceptors (Lipinski definition) is 2. The number of nitrogens with zero attached hydrogens (tertiary/aromatic N) is 1. The highest BCUT2D eigenvalue weighted by Crippen LogP contribution is 2.10. The van der Waals surface area contributed by atoms with Gasteiger partial charge in [0.2, 0.25) is 0 Å². The van der Waals surface area contributed by atoms with E-state index in [9.17, 15) is 0 Å². The first kappa shape index (κ1) is 11.2. The molecule has 1 unspecified atom stereocenters. The third-order valence-corrected chi connectivity index (χ3v) is 2.80. The van der Waals surface area contributed by atoms with Crippen molar-refractivity contribution in [1.82, 2.24) is 15.3 Å². The van der Waals surface area contributed by atoms with Crippen LogP contribution in [0.3, 0.4) is 0 Å². The Bertz CT molecular complexity index is 227. The number of aromatic amines is 1. The molecule has 3 heteroatoms. The van der Waals surface area contributed by atoms with Crippen LogP contribution in [0.2, 0.25) is 0 Å². The molecule has 1 aromatic heterocycles. The maximum atomic E-state index is 4.23. The molecule has 0 aliphatic heterocycles. The number of imidazole rings is 1. The van der Waals surface area contributed by atoms with Crippen molar-refractivity contribution in [3.8, 4) is 0 Å². The molecule has 0 spiro atoms. The zero-order chi connectivity index (χ0) is 10.4. The fourth-order valence-corrected chi connectivity index (χ4v) is 1.53. The highest BCUT2D eigenvalue weighted by atomic mass is 15.0. The molecule has 1 atom stereocenters. The molecule has 0 amide bonds. The lowest BCUT2D eigenvalue weighted by atomic mass is 10.0. The van der Waals surface area contributed by atoms with Crippen LogP contribution < -0.4 is 5.32 Å². The first-order valence-electron chi connectivity index (χ1n) is 5.50. The van der Waals surface area contributed by atoms with Gasteiger partial charge in [0.1, 0.15) is 5.82 Å². The van der Waals surface area contributed by atoms with E-state index in [-0.39, 0.29) is 0 Å². The van der Waals surface area contributed by atoms with Gasteiger partial charge in [-0.25, -0.2) is 4.98 Å². The van der Waals surface area contributed by atoms with Crippen LogP contribution in [-0.2, 0) is 0 Å². The van der Waals surface area contributed by atoms with Crippen molar-refractivity contribution in [2.24, 2.45) is 5.92 Å². The summed E-state index contributed by atoms with van der Waals surface area (Å²) in [5.41, 5.74) is 0. The van der Waals surface area contributed by atoms with Crippen LogP contribution in [0.25, 0.3) is 0 Å². The van der Waals surface area contributed by atoms with Crippen LogP contribution in [0.4, 0.5) is 0 Å². The monoisotopic (exact) mass is 195 g/mol. The maximum absolute atomic E-state index is 4.23. The second-order valence-electron chi connectivity index (χ2n) is 3.79. The van der Waals surface area contributed by atoms with Crippen LogP contribution in [0.5, 0.6) is 0 Å². The van der Waals surface area contributed by atoms with Gasteiger partial charge in [0.15, 0.2) is 0 Å². The van der Waals surface area contributed by atoms with E-state index in [2.05, 4.69) is 36.1 Å². The molecule has 80 valence electrons. The highest BCUT2D eigenvalue weighted by molar-refractivity contribution is 4.93. The normalized spacial score (nSPS) is 13.4. The average molecular weight is 195 g/mol. The Labute approximate surface area is 86.3 Å². The predicted octanol–water partition coefficient (Wildman–Crippen LogP) is 2.50. The van der Waals surface area contributed by atoms with Gasteiger partial charge in [-0.3, -0.25) is 0 Å². The van der Waals surface area contributed by atoms with Crippen molar-refractivity contribution in [1.29, 1.82) is 0 Å². The second kappa shape index (κ2) is 5.81. The average Bonchev–Trinajstić information content (AvgIpc) is 2.72. The number of nitrogens with one attached hydrogen (secondary N) is 2. The molecule has 1 aromatic rings. The molecule has 0 aliphatic carbocycles. The van der Waals surface area contributed by atoms with Gasteiger partial charge in [-0.1, -0.05) is 26.7 Å². The van der Waals surface area contributed by atoms with Gasteiger partial charge in [-0.05, 0) is 19.4 Å². The van der Waals surface area contributed by atoms with Gasteiger partial charge in [0, 0.05) is 12.4 Å². The summed E-state index contributed by atoms with van der Waals surface area (Å²) in [5.74, 6) is 1.81. The van der Waals surface area contributed by atoms with Crippen LogP contribution in [0, 0.1) is 5.92 Å². The molecule has 0 aromatic carbocycles. The lowest BCUT2D eigenvalue weighted by Crippen LogP contribution is -2.25. The Morgan fingerprint density at radius 3 is 2.64 bits per heavy atom. The fraction of sp³-hybridized carbons (Fsp3) is 0.727. The number of hydrogen-bond donors (Lipinski definition) is 2. The Hall–Kier alpha value is -0.830. The van der Waals surface area contributed by atoms with Gasteiger partial charge in [-0.2, -0.15) is 0 Å². The maximum Gasteiger partial charge on any atom is 0.122 e. The summed E-state index contributed by atoms with van der Waals surface area (Å²) in [7, 11) is 0. The molecule has 2 N–H and O–H groups in total. The quantitative estimate of drug-likeness (QED) is 0.732. The van der Waals surface area contributed by atoms with E-state index in [4.69, 9.17) is 0 Å². The van der Waals surface area contributed by atoms with E-state index in [0.29, 0.717) is 6.04 Å². The van der Waals surface area contributed by atoms with E-state index in [1.54, 1.807) is 6.20 Å². The van der Waals surface area contributed by atoms with Crippen molar-refractivity contribution >= 4 is 0 Å². The Morgan fingerprint density at radius 2 is 2.14 bits per heavy atom. The van der Waals surface area contributed by atoms with Crippen molar-refractivity contribution in [2.45, 2.75) is 39.7 Å². The molecule has 0 saturated carbocycles. The SMILES string of the molecule is CCC(CC)CNC(C)c1ncc[nH]1. The lowest BCUT2D eigenvalue weighted by Gasteiger charge is -2.16. The summed E-state index contributed by atoms with van der Waals surface area (Å²) in [6.07, 6.45) is 6.15. The smallest absolute Gasteiger partial charge is 0.122 e. The van der Waals surface area contributed by atoms with Crippen LogP contribution in [-0.4, -0.2) is 16.5 Å². The molecule has 0 radical (unpaired) electrons. The standard InChI is InChI=1S/C11H21N3/c1-4-10(5-2)8-14-9(3)11-12-6-7-13-11/h6-7,9-10,14H,4-5,8H2,1-3H3,(H,12,13). The van der Waals surface area contributed by atoms with Crippen LogP contribution in [0.1, 0.15) is 45.5 Å². The van der Waals surface area contributed by atoms with E-state index < -0.39 is 0 Å². The third kappa shape index (κ3) is 3.14. The van der Waals surface area contributed by atoms with Gasteiger partial charge in [0.25, 0.3) is 0 Å². The zero-order valence-electron chi connectivity index (χ0n) is 9.38. The molecule has 0 saturated heterocycles. The summed E-state index contributed by atoms with van der Waals surface area (Å²) in [6, 6.07) is 0.325. The largest absolute Gasteiger partial charge is 0.347 e. The molecule has 3 nitrogen and oxygen atoms in total. The number of aromatic nitrogens is 2. The Morgan fingerprint density at radius 1 is 1.43 bits per heavy atom. The van der Waals surface area contributed by atoms with Gasteiger partial charge < -0.3 is 10.3 Å². The van der Waals surface area contributed by atoms with Gasteiger partial charge >= 0.3 is 0 Å². The summed E-state index contributed by atoms with van der Waals surface area (Å²) in [5, 5.41) is 3.49. The lowest BCUT2D eigenvalue weighted by molar-refractivity contribution is 0.416. The van der Waals surface area contributed by atoms with E-state index in [1.807, 2.05) is 6.20 Å². The summed E-state index contributed by atoms with van der Waals surface area (Å²) >= 11 is 0. The summed E-state index contributed by atoms with van der Waals surface area (Å²) < 4.78 is 0. The van der Waals surface area contributed by atoms with E-state index >= 15 is 0 Å². The van der Waals surface area contributed by atoms with E-state index in [1.165, 1.54) is 12.8 Å². The topological polar surface area (TPSA) is 40.7 Å². The van der Waals surface area contributed by atoms with Crippen LogP contribution in [0.15, 0.2) is 12.4 Å². The van der Waals surface area contributed by atoms with Crippen molar-refractivity contribution in [2.75, 3.05) is 6.54 Å². The molecule has 0 bridgehead atoms. The number of rotatable bonds is 6. The van der Waals surface area contributed by atoms with Crippen molar-refractivity contribution in [3.63, 3.8) is 0 Å². The number of H-pyrrole nitrogens is 1. The summed E-state index contributed by atoms with van der Waals surface area (Å²) in [6.45, 7) is 7.71. The first-order valence-corrected chi connectivity index (χ1v) is 5.50. The molecular weight excluding hydrogens is 174 g/mol. The highest BCUT2D eigenvalue weighted by Gasteiger charge is 2.09. The van der Waals surface area contributed by atoms with Gasteiger partial charge in [-0.15, -0.1) is 0 Å². The minimum atomic E-state index is 0.325. The molecule has 14 heavy (non-hydrogen) atoms. The molecule has 0 fully saturated rings. The second-order valence-corrected chi connectivity index (χ2v) is 3.79. The molecular formula is C11H21N3.